The number of aromatic nitrogens is 4. The van der Waals surface area contributed by atoms with E-state index >= 15 is 0 Å². The van der Waals surface area contributed by atoms with Gasteiger partial charge in [-0.1, -0.05) is 29.7 Å². The van der Waals surface area contributed by atoms with Crippen molar-refractivity contribution in [3.05, 3.63) is 11.2 Å². The Morgan fingerprint density at radius 3 is 2.67 bits per heavy atom. The summed E-state index contributed by atoms with van der Waals surface area (Å²) >= 11 is 6.21. The van der Waals surface area contributed by atoms with Gasteiger partial charge in [0.05, 0.1) is 18.9 Å². The Hall–Kier alpha value is -1.41. The molecule has 15 heteroatoms. The summed E-state index contributed by atoms with van der Waals surface area (Å²) in [7, 11) is -4.83. The van der Waals surface area contributed by atoms with Crippen LogP contribution in [0.1, 0.15) is 38.8 Å². The third-order valence-corrected chi connectivity index (χ3v) is 7.86. The van der Waals surface area contributed by atoms with E-state index in [-0.39, 0.29) is 16.8 Å². The van der Waals surface area contributed by atoms with Gasteiger partial charge in [-0.3, -0.25) is 4.57 Å². The van der Waals surface area contributed by atoms with Crippen LogP contribution in [0.15, 0.2) is 6.07 Å². The van der Waals surface area contributed by atoms with E-state index in [1.165, 1.54) is 4.68 Å². The fourth-order valence-corrected chi connectivity index (χ4v) is 4.63. The maximum absolute atomic E-state index is 11.6. The Morgan fingerprint density at radius 2 is 2.03 bits per heavy atom. The van der Waals surface area contributed by atoms with Crippen molar-refractivity contribution >= 4 is 36.0 Å². The van der Waals surface area contributed by atoms with Crippen LogP contribution in [-0.2, 0) is 14.0 Å². The molecule has 5 atom stereocenters. The number of nitrogens with one attached hydrogen (secondary N) is 1. The molecule has 6 N–H and O–H groups in total. The number of fused-ring (bicyclic) bond motifs is 1. The lowest BCUT2D eigenvalue weighted by atomic mass is 10.1. The summed E-state index contributed by atoms with van der Waals surface area (Å²) in [6, 6.07) is 1.93. The average Bonchev–Trinajstić information content (AvgIpc) is 3.47. The Balaban J connectivity index is 1.56. The third kappa shape index (κ3) is 4.75. The van der Waals surface area contributed by atoms with E-state index in [9.17, 15) is 29.7 Å². The van der Waals surface area contributed by atoms with Gasteiger partial charge in [0.25, 0.3) is 0 Å². The van der Waals surface area contributed by atoms with Gasteiger partial charge in [-0.05, 0) is 19.8 Å². The van der Waals surface area contributed by atoms with Crippen LogP contribution in [0, 0.1) is 0 Å². The first-order valence-electron chi connectivity index (χ1n) is 10.5. The molecular formula is C18H27ClN5O8P. The molecule has 184 valence electrons. The molecule has 0 spiro atoms. The number of nitrogens with zero attached hydrogens (tertiary/aromatic N) is 4. The number of halogens is 1. The van der Waals surface area contributed by atoms with E-state index in [0.29, 0.717) is 11.2 Å². The first-order valence-corrected chi connectivity index (χ1v) is 12.5. The van der Waals surface area contributed by atoms with E-state index in [1.54, 1.807) is 6.07 Å². The van der Waals surface area contributed by atoms with E-state index < -0.39 is 50.7 Å². The summed E-state index contributed by atoms with van der Waals surface area (Å²) in [5.41, 5.74) is 1.30. The predicted molar refractivity (Wildman–Crippen MR) is 116 cm³/mol. The number of ether oxygens (including phenoxy) is 2. The number of hydrogen-bond acceptors (Lipinski definition) is 10. The summed E-state index contributed by atoms with van der Waals surface area (Å²) in [4.78, 5) is 23.1. The number of anilines is 1. The maximum Gasteiger partial charge on any atom is 0.359 e. The molecular weight excluding hydrogens is 481 g/mol. The second kappa shape index (κ2) is 9.33. The molecule has 3 heterocycles. The topological polar surface area (TPSA) is 192 Å². The van der Waals surface area contributed by atoms with Crippen molar-refractivity contribution in [1.82, 2.24) is 20.0 Å². The minimum absolute atomic E-state index is 0.180. The minimum Gasteiger partial charge on any atom is -0.393 e. The van der Waals surface area contributed by atoms with Crippen LogP contribution in [0.5, 0.6) is 0 Å². The van der Waals surface area contributed by atoms with Crippen molar-refractivity contribution in [3.63, 3.8) is 0 Å². The van der Waals surface area contributed by atoms with Crippen LogP contribution in [0.25, 0.3) is 11.2 Å². The van der Waals surface area contributed by atoms with Crippen molar-refractivity contribution in [2.75, 3.05) is 18.5 Å². The van der Waals surface area contributed by atoms with Crippen molar-refractivity contribution in [2.45, 2.75) is 68.5 Å². The zero-order valence-corrected chi connectivity index (χ0v) is 19.4. The second-order valence-electron chi connectivity index (χ2n) is 8.56. The molecule has 1 saturated carbocycles. The second-order valence-corrected chi connectivity index (χ2v) is 11.0. The lowest BCUT2D eigenvalue weighted by Gasteiger charge is -2.29. The molecule has 0 bridgehead atoms. The van der Waals surface area contributed by atoms with Crippen LogP contribution < -0.4 is 5.32 Å². The monoisotopic (exact) mass is 507 g/mol. The van der Waals surface area contributed by atoms with Gasteiger partial charge in [-0.2, -0.15) is 4.68 Å². The first-order chi connectivity index (χ1) is 15.5. The number of hydrogen-bond donors (Lipinski definition) is 6. The van der Waals surface area contributed by atoms with Gasteiger partial charge in [0.2, 0.25) is 0 Å². The SMILES string of the molecule is C[C@](CO)(OC[C@H]1O[C@@H](n2nnc3c(NC4CCCC4)cc(Cl)nc32)[C@H](O)[C@@H]1O)P(=O)(O)O. The van der Waals surface area contributed by atoms with Crippen molar-refractivity contribution in [1.29, 1.82) is 0 Å². The van der Waals surface area contributed by atoms with E-state index in [0.717, 1.165) is 32.6 Å². The number of aliphatic hydroxyl groups excluding tert-OH is 3. The summed E-state index contributed by atoms with van der Waals surface area (Å²) in [5.74, 6) is 0. The molecule has 2 fully saturated rings. The molecule has 0 unspecified atom stereocenters. The molecule has 2 aliphatic rings. The standard InChI is InChI=1S/C18H27ClN5O8P/c1-18(8-25,33(28,29)30)31-7-11-14(26)15(27)17(32-11)24-16-13(22-23-24)10(6-12(19)21-16)20-9-4-2-3-5-9/h6,9,11,14-15,17,25-27H,2-5,7-8H2,1H3,(H,20,21)(H2,28,29,30)/t11-,14-,15-,17-,18+/m1/s1. The third-order valence-electron chi connectivity index (χ3n) is 6.16. The zero-order valence-electron chi connectivity index (χ0n) is 17.8. The number of aliphatic hydroxyl groups is 3. The maximum atomic E-state index is 11.6. The Kier molecular flexibility index (Phi) is 6.98. The average molecular weight is 508 g/mol. The highest BCUT2D eigenvalue weighted by molar-refractivity contribution is 7.53. The summed E-state index contributed by atoms with van der Waals surface area (Å²) in [6.07, 6.45) is -1.00. The van der Waals surface area contributed by atoms with Gasteiger partial charge in [0.15, 0.2) is 22.7 Å². The molecule has 2 aromatic rings. The number of pyridine rings is 1. The molecule has 0 radical (unpaired) electrons. The molecule has 0 amide bonds. The highest BCUT2D eigenvalue weighted by atomic mass is 35.5. The van der Waals surface area contributed by atoms with E-state index in [2.05, 4.69) is 20.6 Å². The molecule has 4 rings (SSSR count). The van der Waals surface area contributed by atoms with Crippen molar-refractivity contribution in [3.8, 4) is 0 Å². The lowest BCUT2D eigenvalue weighted by Crippen LogP contribution is -2.39. The zero-order chi connectivity index (χ0) is 24.0. The Bertz CT molecular complexity index is 1050. The Morgan fingerprint density at radius 1 is 1.33 bits per heavy atom. The van der Waals surface area contributed by atoms with Gasteiger partial charge in [0, 0.05) is 12.1 Å². The van der Waals surface area contributed by atoms with Gasteiger partial charge in [-0.15, -0.1) is 5.10 Å². The summed E-state index contributed by atoms with van der Waals surface area (Å²) in [6.45, 7) is -0.427. The molecule has 2 aromatic heterocycles. The molecule has 1 aliphatic heterocycles. The van der Waals surface area contributed by atoms with Crippen LogP contribution in [0.4, 0.5) is 5.69 Å². The Labute approximate surface area is 193 Å². The number of rotatable bonds is 8. The smallest absolute Gasteiger partial charge is 0.359 e. The van der Waals surface area contributed by atoms with Gasteiger partial charge >= 0.3 is 7.60 Å². The summed E-state index contributed by atoms with van der Waals surface area (Å²) in [5, 5.41) is 40.0. The van der Waals surface area contributed by atoms with Crippen molar-refractivity contribution in [2.24, 2.45) is 0 Å². The fourth-order valence-electron chi connectivity index (χ4n) is 4.01. The van der Waals surface area contributed by atoms with Gasteiger partial charge in [0.1, 0.15) is 23.5 Å². The van der Waals surface area contributed by atoms with Crippen LogP contribution in [0.2, 0.25) is 5.15 Å². The largest absolute Gasteiger partial charge is 0.393 e. The van der Waals surface area contributed by atoms with Gasteiger partial charge in [-0.25, -0.2) is 4.98 Å². The van der Waals surface area contributed by atoms with E-state index in [4.69, 9.17) is 21.1 Å². The highest BCUT2D eigenvalue weighted by Crippen LogP contribution is 2.51. The molecule has 13 nitrogen and oxygen atoms in total. The van der Waals surface area contributed by atoms with E-state index in [1.807, 2.05) is 0 Å². The lowest BCUT2D eigenvalue weighted by molar-refractivity contribution is -0.104. The van der Waals surface area contributed by atoms with Crippen LogP contribution >= 0.6 is 19.2 Å². The normalized spacial score (nSPS) is 28.5. The van der Waals surface area contributed by atoms with Crippen LogP contribution in [0.3, 0.4) is 0 Å². The highest BCUT2D eigenvalue weighted by Gasteiger charge is 2.49. The van der Waals surface area contributed by atoms with Crippen LogP contribution in [-0.4, -0.2) is 88.0 Å². The quantitative estimate of drug-likeness (QED) is 0.212. The molecule has 1 aliphatic carbocycles. The first kappa shape index (κ1) is 24.7. The predicted octanol–water partition coefficient (Wildman–Crippen LogP) is 0.356. The van der Waals surface area contributed by atoms with Crippen molar-refractivity contribution < 1.29 is 39.1 Å². The molecule has 0 aromatic carbocycles. The minimum atomic E-state index is -4.83. The summed E-state index contributed by atoms with van der Waals surface area (Å²) < 4.78 is 23.7. The molecule has 1 saturated heterocycles. The fraction of sp³-hybridized carbons (Fsp3) is 0.722. The molecule has 33 heavy (non-hydrogen) atoms. The van der Waals surface area contributed by atoms with Gasteiger partial charge < -0.3 is 39.9 Å².